The zero-order chi connectivity index (χ0) is 17.7. The molecule has 3 heteroatoms. The predicted molar refractivity (Wildman–Crippen MR) is 96.7 cm³/mol. The third kappa shape index (κ3) is 4.08. The van der Waals surface area contributed by atoms with Crippen LogP contribution in [0.2, 0.25) is 0 Å². The summed E-state index contributed by atoms with van der Waals surface area (Å²) in [6.07, 6.45) is 0.610. The van der Waals surface area contributed by atoms with Gasteiger partial charge in [0, 0.05) is 6.07 Å². The number of ether oxygens (including phenoxy) is 2. The van der Waals surface area contributed by atoms with Crippen LogP contribution in [-0.2, 0) is 11.8 Å². The molecule has 0 aliphatic heterocycles. The van der Waals surface area contributed by atoms with Gasteiger partial charge in [-0.3, -0.25) is 0 Å². The summed E-state index contributed by atoms with van der Waals surface area (Å²) < 4.78 is 10.7. The molecule has 0 saturated carbocycles. The number of rotatable bonds is 5. The Morgan fingerprint density at radius 2 is 1.67 bits per heavy atom. The van der Waals surface area contributed by atoms with Crippen molar-refractivity contribution in [1.29, 1.82) is 5.26 Å². The van der Waals surface area contributed by atoms with Crippen LogP contribution in [0.4, 0.5) is 0 Å². The maximum atomic E-state index is 9.62. The summed E-state index contributed by atoms with van der Waals surface area (Å²) in [5.74, 6) is 1.29. The Morgan fingerprint density at radius 1 is 1.00 bits per heavy atom. The van der Waals surface area contributed by atoms with Gasteiger partial charge in [0.1, 0.15) is 11.5 Å². The van der Waals surface area contributed by atoms with E-state index in [4.69, 9.17) is 9.47 Å². The molecule has 0 fully saturated rings. The average molecular weight is 323 g/mol. The van der Waals surface area contributed by atoms with Crippen LogP contribution in [-0.4, -0.2) is 14.2 Å². The minimum Gasteiger partial charge on any atom is -0.497 e. The Bertz CT molecular complexity index is 721. The zero-order valence-electron chi connectivity index (χ0n) is 15.1. The summed E-state index contributed by atoms with van der Waals surface area (Å²) in [4.78, 5) is 0. The molecule has 0 aliphatic rings. The molecule has 2 aromatic rings. The van der Waals surface area contributed by atoms with Crippen molar-refractivity contribution in [3.63, 3.8) is 0 Å². The first kappa shape index (κ1) is 17.9. The van der Waals surface area contributed by atoms with Crippen LogP contribution < -0.4 is 9.47 Å². The van der Waals surface area contributed by atoms with Crippen molar-refractivity contribution in [1.82, 2.24) is 0 Å². The van der Waals surface area contributed by atoms with Crippen LogP contribution >= 0.6 is 0 Å². The molecule has 1 atom stereocenters. The van der Waals surface area contributed by atoms with E-state index in [1.54, 1.807) is 14.2 Å². The summed E-state index contributed by atoms with van der Waals surface area (Å²) in [7, 11) is 3.26. The summed E-state index contributed by atoms with van der Waals surface area (Å²) in [5.41, 5.74) is 3.41. The van der Waals surface area contributed by atoms with Gasteiger partial charge in [-0.15, -0.1) is 0 Å². The quantitative estimate of drug-likeness (QED) is 0.790. The molecule has 1 unspecified atom stereocenters. The number of hydrogen-bond acceptors (Lipinski definition) is 3. The van der Waals surface area contributed by atoms with Gasteiger partial charge < -0.3 is 9.47 Å². The molecule has 24 heavy (non-hydrogen) atoms. The van der Waals surface area contributed by atoms with E-state index in [0.29, 0.717) is 6.42 Å². The van der Waals surface area contributed by atoms with Gasteiger partial charge in [-0.25, -0.2) is 0 Å². The van der Waals surface area contributed by atoms with E-state index in [-0.39, 0.29) is 11.3 Å². The van der Waals surface area contributed by atoms with Crippen LogP contribution in [0.1, 0.15) is 43.4 Å². The first-order valence-corrected chi connectivity index (χ1v) is 8.10. The predicted octanol–water partition coefficient (Wildman–Crippen LogP) is 4.85. The minimum absolute atomic E-state index is 0.111. The van der Waals surface area contributed by atoms with Crippen molar-refractivity contribution in [2.75, 3.05) is 14.2 Å². The Labute approximate surface area is 144 Å². The smallest absolute Gasteiger partial charge is 0.125 e. The molecule has 0 N–H and O–H groups in total. The second kappa shape index (κ2) is 7.40. The Hall–Kier alpha value is -2.47. The lowest BCUT2D eigenvalue weighted by atomic mass is 9.85. The normalized spacial score (nSPS) is 12.3. The number of methoxy groups -OCH3 is 2. The minimum atomic E-state index is -0.207. The Balaban J connectivity index is 2.26. The molecule has 2 aromatic carbocycles. The highest BCUT2D eigenvalue weighted by molar-refractivity contribution is 5.43. The number of nitrogens with zero attached hydrogens (tertiary/aromatic N) is 1. The molecule has 3 nitrogen and oxygen atoms in total. The van der Waals surface area contributed by atoms with Gasteiger partial charge in [0.05, 0.1) is 26.2 Å². The topological polar surface area (TPSA) is 42.2 Å². The molecule has 0 bridgehead atoms. The van der Waals surface area contributed by atoms with E-state index in [2.05, 4.69) is 51.1 Å². The van der Waals surface area contributed by atoms with E-state index in [1.165, 1.54) is 5.56 Å². The average Bonchev–Trinajstić information content (AvgIpc) is 2.59. The van der Waals surface area contributed by atoms with Gasteiger partial charge in [-0.05, 0) is 34.6 Å². The fraction of sp³-hybridized carbons (Fsp3) is 0.381. The maximum Gasteiger partial charge on any atom is 0.125 e. The number of hydrogen-bond donors (Lipinski definition) is 0. The third-order valence-corrected chi connectivity index (χ3v) is 4.25. The van der Waals surface area contributed by atoms with Crippen molar-refractivity contribution < 1.29 is 9.47 Å². The maximum absolute atomic E-state index is 9.62. The van der Waals surface area contributed by atoms with E-state index >= 15 is 0 Å². The molecule has 126 valence electrons. The zero-order valence-corrected chi connectivity index (χ0v) is 15.1. The summed E-state index contributed by atoms with van der Waals surface area (Å²) in [5, 5.41) is 9.62. The molecule has 0 spiro atoms. The second-order valence-corrected chi connectivity index (χ2v) is 6.94. The fourth-order valence-corrected chi connectivity index (χ4v) is 2.69. The SMILES string of the molecule is COc1ccc(CC(C#N)c2ccc(C(C)(C)C)cc2)c(OC)c1. The van der Waals surface area contributed by atoms with Crippen molar-refractivity contribution in [2.24, 2.45) is 0 Å². The summed E-state index contributed by atoms with van der Waals surface area (Å²) in [6, 6.07) is 16.5. The first-order chi connectivity index (χ1) is 11.4. The molecular formula is C21H25NO2. The summed E-state index contributed by atoms with van der Waals surface area (Å²) in [6.45, 7) is 6.56. The van der Waals surface area contributed by atoms with Gasteiger partial charge in [-0.2, -0.15) is 5.26 Å². The van der Waals surface area contributed by atoms with Crippen LogP contribution in [0, 0.1) is 11.3 Å². The number of benzene rings is 2. The molecule has 0 amide bonds. The largest absolute Gasteiger partial charge is 0.497 e. The van der Waals surface area contributed by atoms with Crippen LogP contribution in [0.25, 0.3) is 0 Å². The highest BCUT2D eigenvalue weighted by Gasteiger charge is 2.17. The highest BCUT2D eigenvalue weighted by Crippen LogP contribution is 2.30. The molecule has 0 saturated heterocycles. The third-order valence-electron chi connectivity index (χ3n) is 4.25. The van der Waals surface area contributed by atoms with E-state index in [9.17, 15) is 5.26 Å². The van der Waals surface area contributed by atoms with Gasteiger partial charge in [0.15, 0.2) is 0 Å². The van der Waals surface area contributed by atoms with E-state index < -0.39 is 0 Å². The van der Waals surface area contributed by atoms with Crippen molar-refractivity contribution in [2.45, 2.75) is 38.5 Å². The standard InChI is InChI=1S/C21H25NO2/c1-21(2,3)18-9-6-15(7-10-18)17(14-22)12-16-8-11-19(23-4)13-20(16)24-5/h6-11,13,17H,12H2,1-5H3. The second-order valence-electron chi connectivity index (χ2n) is 6.94. The van der Waals surface area contributed by atoms with Crippen molar-refractivity contribution >= 4 is 0 Å². The monoisotopic (exact) mass is 323 g/mol. The first-order valence-electron chi connectivity index (χ1n) is 8.10. The van der Waals surface area contributed by atoms with E-state index in [1.807, 2.05) is 18.2 Å². The van der Waals surface area contributed by atoms with Gasteiger partial charge in [0.2, 0.25) is 0 Å². The Morgan fingerprint density at radius 3 is 2.17 bits per heavy atom. The van der Waals surface area contributed by atoms with Crippen LogP contribution in [0.5, 0.6) is 11.5 Å². The lowest BCUT2D eigenvalue weighted by Gasteiger charge is -2.20. The molecule has 0 radical (unpaired) electrons. The van der Waals surface area contributed by atoms with Crippen LogP contribution in [0.15, 0.2) is 42.5 Å². The molecular weight excluding hydrogens is 298 g/mol. The van der Waals surface area contributed by atoms with E-state index in [0.717, 1.165) is 22.6 Å². The summed E-state index contributed by atoms with van der Waals surface area (Å²) >= 11 is 0. The number of nitriles is 1. The Kier molecular flexibility index (Phi) is 5.51. The highest BCUT2D eigenvalue weighted by atomic mass is 16.5. The van der Waals surface area contributed by atoms with Crippen LogP contribution in [0.3, 0.4) is 0 Å². The van der Waals surface area contributed by atoms with Crippen molar-refractivity contribution in [3.8, 4) is 17.6 Å². The molecule has 2 rings (SSSR count). The lowest BCUT2D eigenvalue weighted by Crippen LogP contribution is -2.11. The fourth-order valence-electron chi connectivity index (χ4n) is 2.69. The van der Waals surface area contributed by atoms with Gasteiger partial charge >= 0.3 is 0 Å². The van der Waals surface area contributed by atoms with Gasteiger partial charge in [-0.1, -0.05) is 51.1 Å². The van der Waals surface area contributed by atoms with Crippen molar-refractivity contribution in [3.05, 3.63) is 59.2 Å². The lowest BCUT2D eigenvalue weighted by molar-refractivity contribution is 0.390. The molecule has 0 heterocycles. The molecule has 0 aromatic heterocycles. The van der Waals surface area contributed by atoms with Gasteiger partial charge in [0.25, 0.3) is 0 Å². The molecule has 0 aliphatic carbocycles.